The zero-order valence-corrected chi connectivity index (χ0v) is 7.33. The van der Waals surface area contributed by atoms with Gasteiger partial charge < -0.3 is 5.11 Å². The van der Waals surface area contributed by atoms with Gasteiger partial charge in [0, 0.05) is 5.56 Å². The molecule has 0 aliphatic carbocycles. The van der Waals surface area contributed by atoms with Gasteiger partial charge in [-0.25, -0.2) is 4.39 Å². The molecule has 1 rings (SSSR count). The van der Waals surface area contributed by atoms with Crippen LogP contribution in [0.5, 0.6) is 0 Å². The van der Waals surface area contributed by atoms with Crippen molar-refractivity contribution in [1.82, 2.24) is 0 Å². The third kappa shape index (κ3) is 2.56. The number of nitriles is 1. The summed E-state index contributed by atoms with van der Waals surface area (Å²) in [6, 6.07) is 5.94. The summed E-state index contributed by atoms with van der Waals surface area (Å²) in [6.45, 7) is 0. The molecule has 0 radical (unpaired) electrons. The van der Waals surface area contributed by atoms with Gasteiger partial charge in [-0.2, -0.15) is 5.26 Å². The number of rotatable bonds is 3. The maximum absolute atomic E-state index is 13.1. The van der Waals surface area contributed by atoms with E-state index in [1.807, 2.05) is 6.07 Å². The Labute approximate surface area is 80.4 Å². The fourth-order valence-corrected chi connectivity index (χ4v) is 1.10. The molecule has 1 aromatic rings. The zero-order valence-electron chi connectivity index (χ0n) is 7.33. The number of aliphatic carboxylic acids is 1. The predicted molar refractivity (Wildman–Crippen MR) is 47.1 cm³/mol. The van der Waals surface area contributed by atoms with Crippen molar-refractivity contribution in [3.63, 3.8) is 0 Å². The monoisotopic (exact) mass is 193 g/mol. The third-order valence-electron chi connectivity index (χ3n) is 1.74. The first-order valence-electron chi connectivity index (χ1n) is 3.99. The van der Waals surface area contributed by atoms with E-state index in [1.54, 1.807) is 0 Å². The summed E-state index contributed by atoms with van der Waals surface area (Å²) in [5.74, 6) is -1.53. The summed E-state index contributed by atoms with van der Waals surface area (Å²) in [7, 11) is 0. The average Bonchev–Trinajstić information content (AvgIpc) is 2.09. The second kappa shape index (κ2) is 4.38. The molecular weight excluding hydrogens is 185 g/mol. The minimum absolute atomic E-state index is 0.000809. The van der Waals surface area contributed by atoms with Gasteiger partial charge in [0.2, 0.25) is 0 Å². The van der Waals surface area contributed by atoms with Crippen LogP contribution in [0.15, 0.2) is 18.2 Å². The van der Waals surface area contributed by atoms with E-state index < -0.39 is 11.8 Å². The van der Waals surface area contributed by atoms with Gasteiger partial charge in [0.1, 0.15) is 5.82 Å². The first-order valence-corrected chi connectivity index (χ1v) is 3.99. The van der Waals surface area contributed by atoms with Crippen molar-refractivity contribution in [1.29, 1.82) is 5.26 Å². The molecular formula is C10H8FNO2. The Balaban J connectivity index is 2.90. The van der Waals surface area contributed by atoms with Gasteiger partial charge in [0.05, 0.1) is 18.9 Å². The van der Waals surface area contributed by atoms with Crippen LogP contribution in [0.25, 0.3) is 0 Å². The lowest BCUT2D eigenvalue weighted by atomic mass is 10.1. The number of carboxylic acid groups (broad SMARTS) is 1. The molecule has 1 N–H and O–H groups in total. The standard InChI is InChI=1S/C10H8FNO2/c11-9-5-7(6-10(13)14)1-2-8(9)3-4-12/h1-2,5H,3,6H2,(H,13,14). The first-order chi connectivity index (χ1) is 6.63. The lowest BCUT2D eigenvalue weighted by Gasteiger charge is -2.00. The molecule has 14 heavy (non-hydrogen) atoms. The Hall–Kier alpha value is -1.89. The molecule has 0 aliphatic rings. The molecule has 3 nitrogen and oxygen atoms in total. The molecule has 0 bridgehead atoms. The second-order valence-electron chi connectivity index (χ2n) is 2.83. The minimum Gasteiger partial charge on any atom is -0.481 e. The fourth-order valence-electron chi connectivity index (χ4n) is 1.10. The van der Waals surface area contributed by atoms with Crippen LogP contribution in [0.4, 0.5) is 4.39 Å². The number of hydrogen-bond donors (Lipinski definition) is 1. The summed E-state index contributed by atoms with van der Waals surface area (Å²) in [6.07, 6.45) is -0.205. The quantitative estimate of drug-likeness (QED) is 0.791. The van der Waals surface area contributed by atoms with Crippen LogP contribution in [0.3, 0.4) is 0 Å². The van der Waals surface area contributed by atoms with Crippen molar-refractivity contribution in [3.05, 3.63) is 35.1 Å². The molecule has 1 aromatic carbocycles. The van der Waals surface area contributed by atoms with E-state index in [-0.39, 0.29) is 12.8 Å². The summed E-state index contributed by atoms with van der Waals surface area (Å²) in [5.41, 5.74) is 0.693. The normalized spacial score (nSPS) is 9.43. The smallest absolute Gasteiger partial charge is 0.307 e. The van der Waals surface area contributed by atoms with Crippen molar-refractivity contribution < 1.29 is 14.3 Å². The lowest BCUT2D eigenvalue weighted by Crippen LogP contribution is -2.01. The fraction of sp³-hybridized carbons (Fsp3) is 0.200. The Morgan fingerprint density at radius 1 is 1.57 bits per heavy atom. The van der Waals surface area contributed by atoms with E-state index in [2.05, 4.69) is 0 Å². The van der Waals surface area contributed by atoms with Crippen LogP contribution in [0.2, 0.25) is 0 Å². The van der Waals surface area contributed by atoms with Gasteiger partial charge >= 0.3 is 5.97 Å². The predicted octanol–water partition coefficient (Wildman–Crippen LogP) is 1.52. The molecule has 72 valence electrons. The van der Waals surface area contributed by atoms with Gasteiger partial charge in [0.25, 0.3) is 0 Å². The molecule has 0 saturated carbocycles. The molecule has 0 atom stereocenters. The summed E-state index contributed by atoms with van der Waals surface area (Å²) < 4.78 is 13.1. The van der Waals surface area contributed by atoms with Gasteiger partial charge in [0.15, 0.2) is 0 Å². The average molecular weight is 193 g/mol. The Morgan fingerprint density at radius 3 is 2.79 bits per heavy atom. The summed E-state index contributed by atoms with van der Waals surface area (Å²) in [4.78, 5) is 10.3. The number of carbonyl (C=O) groups is 1. The van der Waals surface area contributed by atoms with E-state index in [9.17, 15) is 9.18 Å². The highest BCUT2D eigenvalue weighted by Gasteiger charge is 2.05. The highest BCUT2D eigenvalue weighted by molar-refractivity contribution is 5.70. The highest BCUT2D eigenvalue weighted by Crippen LogP contribution is 2.11. The van der Waals surface area contributed by atoms with Crippen molar-refractivity contribution in [3.8, 4) is 6.07 Å². The Bertz CT molecular complexity index is 396. The third-order valence-corrected chi connectivity index (χ3v) is 1.74. The molecule has 4 heteroatoms. The maximum Gasteiger partial charge on any atom is 0.307 e. The van der Waals surface area contributed by atoms with E-state index in [0.717, 1.165) is 6.07 Å². The number of halogens is 1. The Morgan fingerprint density at radius 2 is 2.29 bits per heavy atom. The van der Waals surface area contributed by atoms with Crippen molar-refractivity contribution in [2.24, 2.45) is 0 Å². The van der Waals surface area contributed by atoms with Crippen LogP contribution >= 0.6 is 0 Å². The molecule has 0 saturated heterocycles. The first kappa shape index (κ1) is 10.2. The van der Waals surface area contributed by atoms with E-state index in [4.69, 9.17) is 10.4 Å². The number of benzene rings is 1. The van der Waals surface area contributed by atoms with E-state index in [1.165, 1.54) is 12.1 Å². The number of nitrogens with zero attached hydrogens (tertiary/aromatic N) is 1. The van der Waals surface area contributed by atoms with Crippen molar-refractivity contribution in [2.75, 3.05) is 0 Å². The van der Waals surface area contributed by atoms with Crippen LogP contribution in [-0.4, -0.2) is 11.1 Å². The van der Waals surface area contributed by atoms with Crippen LogP contribution in [-0.2, 0) is 17.6 Å². The van der Waals surface area contributed by atoms with Gasteiger partial charge in [-0.05, 0) is 11.6 Å². The molecule has 0 spiro atoms. The van der Waals surface area contributed by atoms with E-state index in [0.29, 0.717) is 11.1 Å². The van der Waals surface area contributed by atoms with Crippen molar-refractivity contribution in [2.45, 2.75) is 12.8 Å². The van der Waals surface area contributed by atoms with Gasteiger partial charge in [-0.15, -0.1) is 0 Å². The van der Waals surface area contributed by atoms with Gasteiger partial charge in [-0.3, -0.25) is 4.79 Å². The molecule has 0 aliphatic heterocycles. The number of carboxylic acids is 1. The van der Waals surface area contributed by atoms with Crippen LogP contribution < -0.4 is 0 Å². The molecule has 0 unspecified atom stereocenters. The van der Waals surface area contributed by atoms with Gasteiger partial charge in [-0.1, -0.05) is 12.1 Å². The van der Waals surface area contributed by atoms with Crippen LogP contribution in [0.1, 0.15) is 11.1 Å². The molecule has 0 fully saturated rings. The number of hydrogen-bond acceptors (Lipinski definition) is 2. The topological polar surface area (TPSA) is 61.1 Å². The zero-order chi connectivity index (χ0) is 10.6. The van der Waals surface area contributed by atoms with Crippen molar-refractivity contribution >= 4 is 5.97 Å². The molecule has 0 heterocycles. The largest absolute Gasteiger partial charge is 0.481 e. The maximum atomic E-state index is 13.1. The second-order valence-corrected chi connectivity index (χ2v) is 2.83. The summed E-state index contributed by atoms with van der Waals surface area (Å²) in [5, 5.41) is 16.8. The van der Waals surface area contributed by atoms with Crippen LogP contribution in [0, 0.1) is 17.1 Å². The lowest BCUT2D eigenvalue weighted by molar-refractivity contribution is -0.136. The highest BCUT2D eigenvalue weighted by atomic mass is 19.1. The molecule has 0 aromatic heterocycles. The SMILES string of the molecule is N#CCc1ccc(CC(=O)O)cc1F. The Kier molecular flexibility index (Phi) is 3.19. The minimum atomic E-state index is -1.00. The summed E-state index contributed by atoms with van der Waals surface area (Å²) >= 11 is 0. The van der Waals surface area contributed by atoms with E-state index >= 15 is 0 Å². The molecule has 0 amide bonds.